The van der Waals surface area contributed by atoms with Gasteiger partial charge in [0.25, 0.3) is 0 Å². The van der Waals surface area contributed by atoms with Crippen molar-refractivity contribution in [2.24, 2.45) is 5.41 Å². The molecule has 1 aliphatic heterocycles. The number of benzene rings is 2. The Morgan fingerprint density at radius 2 is 1.94 bits per heavy atom. The van der Waals surface area contributed by atoms with Crippen molar-refractivity contribution in [1.29, 1.82) is 0 Å². The fourth-order valence-electron chi connectivity index (χ4n) is 4.76. The second-order valence-electron chi connectivity index (χ2n) is 9.54. The number of nitrogens with one attached hydrogen (secondary N) is 1. The molecule has 2 aromatic carbocycles. The number of fused-ring (bicyclic) bond motifs is 1. The maximum absolute atomic E-state index is 13.5. The molecule has 168 valence electrons. The quantitative estimate of drug-likeness (QED) is 0.586. The molecule has 1 amide bonds. The van der Waals surface area contributed by atoms with Crippen LogP contribution in [-0.2, 0) is 9.59 Å². The van der Waals surface area contributed by atoms with E-state index in [2.05, 4.69) is 26.1 Å². The number of hydrogen-bond acceptors (Lipinski definition) is 4. The molecule has 1 heterocycles. The van der Waals surface area contributed by atoms with Crippen molar-refractivity contribution in [3.05, 3.63) is 65.4 Å². The van der Waals surface area contributed by atoms with Crippen LogP contribution in [0.1, 0.15) is 65.0 Å². The molecule has 0 spiro atoms. The van der Waals surface area contributed by atoms with Gasteiger partial charge in [0.05, 0.1) is 24.0 Å². The highest BCUT2D eigenvalue weighted by atomic mass is 16.5. The lowest BCUT2D eigenvalue weighted by atomic mass is 9.73. The molecule has 1 N–H and O–H groups in total. The Morgan fingerprint density at radius 3 is 2.69 bits per heavy atom. The molecular weight excluding hydrogens is 400 g/mol. The standard InChI is InChI=1S/C27H32N2O3/c1-5-6-14-32-20-11-9-10-19(15-20)26-25-22(16-27(3,4)17-24(25)31)28-21-12-7-8-13-23(21)29(26)18(2)30/h7-13,15,26,28H,5-6,14,16-17H2,1-4H3. The lowest BCUT2D eigenvalue weighted by Gasteiger charge is -2.36. The van der Waals surface area contributed by atoms with Gasteiger partial charge in [-0.05, 0) is 48.1 Å². The summed E-state index contributed by atoms with van der Waals surface area (Å²) in [5, 5.41) is 3.52. The van der Waals surface area contributed by atoms with Crippen molar-refractivity contribution in [2.75, 3.05) is 16.8 Å². The SMILES string of the molecule is CCCCOc1cccc(C2C3=C(CC(C)(C)CC3=O)Nc3ccccc3N2C(C)=O)c1. The first-order valence-corrected chi connectivity index (χ1v) is 11.5. The number of unbranched alkanes of at least 4 members (excludes halogenated alkanes) is 1. The van der Waals surface area contributed by atoms with Gasteiger partial charge >= 0.3 is 0 Å². The van der Waals surface area contributed by atoms with E-state index in [1.165, 1.54) is 0 Å². The summed E-state index contributed by atoms with van der Waals surface area (Å²) in [6.07, 6.45) is 3.24. The predicted octanol–water partition coefficient (Wildman–Crippen LogP) is 6.03. The number of amides is 1. The largest absolute Gasteiger partial charge is 0.494 e. The molecule has 0 saturated carbocycles. The van der Waals surface area contributed by atoms with Crippen LogP contribution in [-0.4, -0.2) is 18.3 Å². The number of ether oxygens (including phenoxy) is 1. The van der Waals surface area contributed by atoms with Crippen molar-refractivity contribution in [3.8, 4) is 5.75 Å². The van der Waals surface area contributed by atoms with Crippen molar-refractivity contribution in [3.63, 3.8) is 0 Å². The number of para-hydroxylation sites is 2. The van der Waals surface area contributed by atoms with Gasteiger partial charge in [-0.25, -0.2) is 0 Å². The zero-order valence-electron chi connectivity index (χ0n) is 19.4. The highest BCUT2D eigenvalue weighted by molar-refractivity contribution is 6.05. The minimum atomic E-state index is -0.503. The average Bonchev–Trinajstić information content (AvgIpc) is 2.87. The maximum atomic E-state index is 13.5. The van der Waals surface area contributed by atoms with E-state index in [0.717, 1.165) is 47.6 Å². The second kappa shape index (κ2) is 8.81. The van der Waals surface area contributed by atoms with Crippen LogP contribution in [0.5, 0.6) is 5.75 Å². The summed E-state index contributed by atoms with van der Waals surface area (Å²) in [5.74, 6) is 0.744. The first-order chi connectivity index (χ1) is 15.3. The molecule has 32 heavy (non-hydrogen) atoms. The molecule has 1 aliphatic carbocycles. The van der Waals surface area contributed by atoms with Gasteiger partial charge < -0.3 is 10.1 Å². The Morgan fingerprint density at radius 1 is 1.16 bits per heavy atom. The van der Waals surface area contributed by atoms with Gasteiger partial charge in [-0.2, -0.15) is 0 Å². The Balaban J connectivity index is 1.89. The number of Topliss-reactive ketones (excluding diaryl/α,β-unsaturated/α-hetero) is 1. The fourth-order valence-corrected chi connectivity index (χ4v) is 4.76. The molecule has 4 rings (SSSR count). The summed E-state index contributed by atoms with van der Waals surface area (Å²) < 4.78 is 5.95. The third-order valence-corrected chi connectivity index (χ3v) is 6.18. The summed E-state index contributed by atoms with van der Waals surface area (Å²) in [4.78, 5) is 28.3. The van der Waals surface area contributed by atoms with Crippen LogP contribution in [0.3, 0.4) is 0 Å². The van der Waals surface area contributed by atoms with Crippen LogP contribution in [0.15, 0.2) is 59.8 Å². The van der Waals surface area contributed by atoms with Gasteiger partial charge in [0.15, 0.2) is 5.78 Å². The van der Waals surface area contributed by atoms with E-state index >= 15 is 0 Å². The minimum absolute atomic E-state index is 0.0881. The van der Waals surface area contributed by atoms with Gasteiger partial charge in [-0.1, -0.05) is 51.5 Å². The van der Waals surface area contributed by atoms with Crippen LogP contribution >= 0.6 is 0 Å². The van der Waals surface area contributed by atoms with E-state index in [1.807, 2.05) is 48.5 Å². The van der Waals surface area contributed by atoms with Crippen LogP contribution in [0.4, 0.5) is 11.4 Å². The molecule has 2 aliphatic rings. The lowest BCUT2D eigenvalue weighted by Crippen LogP contribution is -2.38. The lowest BCUT2D eigenvalue weighted by molar-refractivity contribution is -0.118. The highest BCUT2D eigenvalue weighted by Gasteiger charge is 2.42. The third-order valence-electron chi connectivity index (χ3n) is 6.18. The number of ketones is 1. The number of carbonyl (C=O) groups is 2. The summed E-state index contributed by atoms with van der Waals surface area (Å²) in [7, 11) is 0. The van der Waals surface area contributed by atoms with E-state index in [9.17, 15) is 9.59 Å². The van der Waals surface area contributed by atoms with Crippen molar-refractivity contribution in [1.82, 2.24) is 0 Å². The van der Waals surface area contributed by atoms with Gasteiger partial charge in [0.1, 0.15) is 5.75 Å². The smallest absolute Gasteiger partial charge is 0.224 e. The fraction of sp³-hybridized carbons (Fsp3) is 0.407. The first-order valence-electron chi connectivity index (χ1n) is 11.5. The number of nitrogens with zero attached hydrogens (tertiary/aromatic N) is 1. The summed E-state index contributed by atoms with van der Waals surface area (Å²) in [6.45, 7) is 8.57. The minimum Gasteiger partial charge on any atom is -0.494 e. The molecule has 5 heteroatoms. The molecule has 5 nitrogen and oxygen atoms in total. The highest BCUT2D eigenvalue weighted by Crippen LogP contribution is 2.48. The molecule has 2 aromatic rings. The van der Waals surface area contributed by atoms with Gasteiger partial charge in [-0.3, -0.25) is 14.5 Å². The number of carbonyl (C=O) groups excluding carboxylic acids is 2. The van der Waals surface area contributed by atoms with E-state index in [4.69, 9.17) is 4.74 Å². The zero-order chi connectivity index (χ0) is 22.9. The van der Waals surface area contributed by atoms with Gasteiger partial charge in [0.2, 0.25) is 5.91 Å². The predicted molar refractivity (Wildman–Crippen MR) is 128 cm³/mol. The van der Waals surface area contributed by atoms with Gasteiger partial charge in [-0.15, -0.1) is 0 Å². The monoisotopic (exact) mass is 432 g/mol. The Labute approximate surface area is 190 Å². The number of rotatable bonds is 5. The van der Waals surface area contributed by atoms with Crippen LogP contribution in [0, 0.1) is 5.41 Å². The molecule has 1 atom stereocenters. The Kier molecular flexibility index (Phi) is 6.09. The third kappa shape index (κ3) is 4.29. The molecule has 0 radical (unpaired) electrons. The normalized spacial score (nSPS) is 19.6. The van der Waals surface area contributed by atoms with E-state index < -0.39 is 6.04 Å². The van der Waals surface area contributed by atoms with Crippen LogP contribution < -0.4 is 15.0 Å². The first kappa shape index (κ1) is 22.1. The van der Waals surface area contributed by atoms with E-state index in [1.54, 1.807) is 11.8 Å². The zero-order valence-corrected chi connectivity index (χ0v) is 19.4. The van der Waals surface area contributed by atoms with Crippen LogP contribution in [0.25, 0.3) is 0 Å². The van der Waals surface area contributed by atoms with Crippen molar-refractivity contribution in [2.45, 2.75) is 59.4 Å². The topological polar surface area (TPSA) is 58.6 Å². The van der Waals surface area contributed by atoms with Crippen LogP contribution in [0.2, 0.25) is 0 Å². The van der Waals surface area contributed by atoms with Crippen molar-refractivity contribution >= 4 is 23.1 Å². The molecular formula is C27H32N2O3. The van der Waals surface area contributed by atoms with Gasteiger partial charge in [0, 0.05) is 24.6 Å². The summed E-state index contributed by atoms with van der Waals surface area (Å²) >= 11 is 0. The number of anilines is 2. The molecule has 0 bridgehead atoms. The number of hydrogen-bond donors (Lipinski definition) is 1. The number of allylic oxidation sites excluding steroid dienone is 1. The summed E-state index contributed by atoms with van der Waals surface area (Å²) in [6, 6.07) is 15.1. The van der Waals surface area contributed by atoms with E-state index in [-0.39, 0.29) is 17.1 Å². The second-order valence-corrected chi connectivity index (χ2v) is 9.54. The Bertz CT molecular complexity index is 1070. The average molecular weight is 433 g/mol. The summed E-state index contributed by atoms with van der Waals surface area (Å²) in [5.41, 5.74) is 3.96. The molecule has 1 unspecified atom stereocenters. The maximum Gasteiger partial charge on any atom is 0.224 e. The van der Waals surface area contributed by atoms with Crippen molar-refractivity contribution < 1.29 is 14.3 Å². The molecule has 0 saturated heterocycles. The Hall–Kier alpha value is -3.08. The van der Waals surface area contributed by atoms with E-state index in [0.29, 0.717) is 18.6 Å². The molecule has 0 aromatic heterocycles. The molecule has 0 fully saturated rings.